The quantitative estimate of drug-likeness (QED) is 0.379. The lowest BCUT2D eigenvalue weighted by molar-refractivity contribution is -0.172. The highest BCUT2D eigenvalue weighted by Gasteiger charge is 2.60. The maximum absolute atomic E-state index is 14.2. The number of anilines is 2. The van der Waals surface area contributed by atoms with Gasteiger partial charge >= 0.3 is 12.4 Å². The third-order valence-electron chi connectivity index (χ3n) is 4.83. The van der Waals surface area contributed by atoms with Gasteiger partial charge in [0.1, 0.15) is 0 Å². The van der Waals surface area contributed by atoms with E-state index in [0.717, 1.165) is 36.5 Å². The van der Waals surface area contributed by atoms with Gasteiger partial charge in [-0.2, -0.15) is 26.3 Å². The van der Waals surface area contributed by atoms with Crippen LogP contribution in [0.25, 0.3) is 11.3 Å². The summed E-state index contributed by atoms with van der Waals surface area (Å²) in [5.74, 6) is 0. The number of pyridine rings is 1. The summed E-state index contributed by atoms with van der Waals surface area (Å²) >= 11 is 12.2. The van der Waals surface area contributed by atoms with E-state index in [0.29, 0.717) is 0 Å². The molecular formula is C20H11Cl2F6N3. The smallest absolute Gasteiger partial charge is 0.350 e. The number of benzene rings is 2. The first-order valence-corrected chi connectivity index (χ1v) is 9.44. The molecule has 162 valence electrons. The molecule has 0 fully saturated rings. The zero-order chi connectivity index (χ0) is 22.6. The van der Waals surface area contributed by atoms with Crippen LogP contribution in [0, 0.1) is 0 Å². The van der Waals surface area contributed by atoms with E-state index in [4.69, 9.17) is 23.2 Å². The van der Waals surface area contributed by atoms with Gasteiger partial charge in [-0.05, 0) is 30.3 Å². The summed E-state index contributed by atoms with van der Waals surface area (Å²) in [5.41, 5.74) is -4.66. The molecule has 0 aliphatic carbocycles. The lowest BCUT2D eigenvalue weighted by atomic mass is 9.96. The molecule has 2 heterocycles. The zero-order valence-electron chi connectivity index (χ0n) is 15.2. The van der Waals surface area contributed by atoms with Crippen molar-refractivity contribution in [2.45, 2.75) is 18.0 Å². The first kappa shape index (κ1) is 21.6. The SMILES string of the molecule is FC(F)(F)c1cccnc1-c1ccc(C2(C(F)(F)F)Nc3cccc(Cl)c3N2)c(Cl)c1. The molecule has 0 saturated carbocycles. The molecule has 11 heteroatoms. The molecule has 3 aromatic rings. The summed E-state index contributed by atoms with van der Waals surface area (Å²) in [6, 6.07) is 9.41. The summed E-state index contributed by atoms with van der Waals surface area (Å²) in [5, 5.41) is 4.40. The average Bonchev–Trinajstić information content (AvgIpc) is 3.09. The standard InChI is InChI=1S/C20H11Cl2F6N3/c21-13-4-1-5-15-17(13)31-18(30-15,20(26,27)28)11-7-6-10(9-14(11)22)16-12(19(23,24)25)3-2-8-29-16/h1-9,30-31H. The highest BCUT2D eigenvalue weighted by molar-refractivity contribution is 6.34. The predicted molar refractivity (Wildman–Crippen MR) is 106 cm³/mol. The first-order valence-electron chi connectivity index (χ1n) is 8.68. The lowest BCUT2D eigenvalue weighted by Crippen LogP contribution is -2.52. The van der Waals surface area contributed by atoms with E-state index in [1.165, 1.54) is 18.2 Å². The van der Waals surface area contributed by atoms with Gasteiger partial charge in [0, 0.05) is 22.3 Å². The van der Waals surface area contributed by atoms with Crippen LogP contribution in [0.3, 0.4) is 0 Å². The summed E-state index contributed by atoms with van der Waals surface area (Å²) in [4.78, 5) is 3.74. The molecule has 2 aromatic carbocycles. The third kappa shape index (κ3) is 3.55. The number of para-hydroxylation sites is 1. The molecule has 0 spiro atoms. The van der Waals surface area contributed by atoms with Crippen LogP contribution in [0.1, 0.15) is 11.1 Å². The largest absolute Gasteiger partial charge is 0.434 e. The number of alkyl halides is 6. The van der Waals surface area contributed by atoms with Gasteiger partial charge in [-0.3, -0.25) is 4.98 Å². The number of nitrogens with zero attached hydrogens (tertiary/aromatic N) is 1. The van der Waals surface area contributed by atoms with Crippen molar-refractivity contribution in [3.05, 3.63) is 75.9 Å². The topological polar surface area (TPSA) is 37.0 Å². The molecular weight excluding hydrogens is 467 g/mol. The maximum atomic E-state index is 14.2. The number of aromatic nitrogens is 1. The molecule has 31 heavy (non-hydrogen) atoms. The van der Waals surface area contributed by atoms with E-state index in [1.807, 2.05) is 0 Å². The molecule has 3 nitrogen and oxygen atoms in total. The minimum absolute atomic E-state index is 0.0331. The Morgan fingerprint density at radius 3 is 2.19 bits per heavy atom. The molecule has 0 bridgehead atoms. The fourth-order valence-corrected chi connectivity index (χ4v) is 3.98. The van der Waals surface area contributed by atoms with E-state index in [2.05, 4.69) is 15.6 Å². The Balaban J connectivity index is 1.84. The van der Waals surface area contributed by atoms with Crippen molar-refractivity contribution < 1.29 is 26.3 Å². The van der Waals surface area contributed by atoms with Gasteiger partial charge in [-0.15, -0.1) is 0 Å². The van der Waals surface area contributed by atoms with Gasteiger partial charge < -0.3 is 10.6 Å². The molecule has 1 aliphatic heterocycles. The van der Waals surface area contributed by atoms with Gasteiger partial charge in [-0.25, -0.2) is 0 Å². The summed E-state index contributed by atoms with van der Waals surface area (Å²) in [6.07, 6.45) is -8.43. The second-order valence-corrected chi connectivity index (χ2v) is 7.57. The second kappa shape index (κ2) is 7.20. The Kier molecular flexibility index (Phi) is 5.01. The summed E-state index contributed by atoms with van der Waals surface area (Å²) in [7, 11) is 0. The number of hydrogen-bond donors (Lipinski definition) is 2. The van der Waals surface area contributed by atoms with Gasteiger partial charge in [0.15, 0.2) is 0 Å². The predicted octanol–water partition coefficient (Wildman–Crippen LogP) is 7.33. The fraction of sp³-hybridized carbons (Fsp3) is 0.150. The van der Waals surface area contributed by atoms with E-state index >= 15 is 0 Å². The zero-order valence-corrected chi connectivity index (χ0v) is 16.7. The van der Waals surface area contributed by atoms with E-state index in [1.54, 1.807) is 0 Å². The Bertz CT molecular complexity index is 1160. The molecule has 0 radical (unpaired) electrons. The molecule has 4 rings (SSSR count). The van der Waals surface area contributed by atoms with Crippen molar-refractivity contribution in [3.8, 4) is 11.3 Å². The van der Waals surface area contributed by atoms with Crippen LogP contribution in [0.15, 0.2) is 54.7 Å². The van der Waals surface area contributed by atoms with E-state index in [-0.39, 0.29) is 22.0 Å². The van der Waals surface area contributed by atoms with Crippen molar-refractivity contribution in [2.24, 2.45) is 0 Å². The molecule has 1 unspecified atom stereocenters. The molecule has 2 N–H and O–H groups in total. The molecule has 1 aromatic heterocycles. The molecule has 1 atom stereocenters. The molecule has 1 aliphatic rings. The number of nitrogens with one attached hydrogen (secondary N) is 2. The molecule has 0 saturated heterocycles. The van der Waals surface area contributed by atoms with Gasteiger partial charge in [0.25, 0.3) is 0 Å². The first-order chi connectivity index (χ1) is 14.4. The number of fused-ring (bicyclic) bond motifs is 1. The van der Waals surface area contributed by atoms with Crippen LogP contribution in [0.5, 0.6) is 0 Å². The minimum Gasteiger partial charge on any atom is -0.350 e. The van der Waals surface area contributed by atoms with Gasteiger partial charge in [0.2, 0.25) is 5.66 Å². The Labute approximate surface area is 182 Å². The monoisotopic (exact) mass is 477 g/mol. The minimum atomic E-state index is -4.89. The van der Waals surface area contributed by atoms with Crippen LogP contribution in [-0.4, -0.2) is 11.2 Å². The van der Waals surface area contributed by atoms with E-state index in [9.17, 15) is 26.3 Å². The summed E-state index contributed by atoms with van der Waals surface area (Å²) < 4.78 is 82.6. The van der Waals surface area contributed by atoms with Crippen molar-refractivity contribution in [3.63, 3.8) is 0 Å². The van der Waals surface area contributed by atoms with Crippen molar-refractivity contribution >= 4 is 34.6 Å². The van der Waals surface area contributed by atoms with Crippen LogP contribution in [0.2, 0.25) is 10.0 Å². The second-order valence-electron chi connectivity index (χ2n) is 6.75. The van der Waals surface area contributed by atoms with Crippen LogP contribution in [-0.2, 0) is 11.8 Å². The number of rotatable bonds is 2. The normalized spacial score (nSPS) is 18.3. The van der Waals surface area contributed by atoms with Crippen molar-refractivity contribution in [1.29, 1.82) is 0 Å². The third-order valence-corrected chi connectivity index (χ3v) is 5.46. The van der Waals surface area contributed by atoms with Crippen LogP contribution in [0.4, 0.5) is 37.7 Å². The van der Waals surface area contributed by atoms with Crippen molar-refractivity contribution in [1.82, 2.24) is 4.98 Å². The van der Waals surface area contributed by atoms with Crippen LogP contribution < -0.4 is 10.6 Å². The molecule has 0 amide bonds. The Morgan fingerprint density at radius 2 is 1.58 bits per heavy atom. The van der Waals surface area contributed by atoms with E-state index < -0.39 is 39.9 Å². The van der Waals surface area contributed by atoms with Gasteiger partial charge in [0.05, 0.1) is 27.7 Å². The fourth-order valence-electron chi connectivity index (χ4n) is 3.44. The Hall–Kier alpha value is -2.65. The Morgan fingerprint density at radius 1 is 0.839 bits per heavy atom. The average molecular weight is 478 g/mol. The highest BCUT2D eigenvalue weighted by Crippen LogP contribution is 2.52. The number of halogens is 8. The van der Waals surface area contributed by atoms with Crippen molar-refractivity contribution in [2.75, 3.05) is 10.6 Å². The van der Waals surface area contributed by atoms with Gasteiger partial charge in [-0.1, -0.05) is 41.4 Å². The lowest BCUT2D eigenvalue weighted by Gasteiger charge is -2.34. The van der Waals surface area contributed by atoms with Crippen LogP contribution >= 0.6 is 23.2 Å². The number of hydrogen-bond acceptors (Lipinski definition) is 3. The maximum Gasteiger partial charge on any atom is 0.434 e. The summed E-state index contributed by atoms with van der Waals surface area (Å²) in [6.45, 7) is 0. The highest BCUT2D eigenvalue weighted by atomic mass is 35.5.